The van der Waals surface area contributed by atoms with Gasteiger partial charge in [0.15, 0.2) is 0 Å². The lowest BCUT2D eigenvalue weighted by Crippen LogP contribution is -2.41. The highest BCUT2D eigenvalue weighted by atomic mass is 15.2. The summed E-state index contributed by atoms with van der Waals surface area (Å²) in [5.74, 6) is 0. The first kappa shape index (κ1) is 9.01. The van der Waals surface area contributed by atoms with Crippen molar-refractivity contribution >= 4 is 0 Å². The lowest BCUT2D eigenvalue weighted by atomic mass is 10.2. The molecule has 0 amide bonds. The van der Waals surface area contributed by atoms with Crippen LogP contribution in [0, 0.1) is 0 Å². The molecule has 1 saturated heterocycles. The summed E-state index contributed by atoms with van der Waals surface area (Å²) in [6, 6.07) is 1.40. The van der Waals surface area contributed by atoms with Crippen LogP contribution in [0.2, 0.25) is 0 Å². The molecule has 0 bridgehead atoms. The van der Waals surface area contributed by atoms with Crippen LogP contribution < -0.4 is 5.32 Å². The number of nitrogens with one attached hydrogen (secondary N) is 1. The Labute approximate surface area is 70.0 Å². The molecular weight excluding hydrogens is 136 g/mol. The van der Waals surface area contributed by atoms with E-state index in [1.807, 2.05) is 0 Å². The zero-order chi connectivity index (χ0) is 8.27. The molecule has 1 aliphatic rings. The van der Waals surface area contributed by atoms with Crippen LogP contribution in [0.25, 0.3) is 0 Å². The Bertz CT molecular complexity index is 112. The van der Waals surface area contributed by atoms with Crippen LogP contribution in [-0.2, 0) is 0 Å². The quantitative estimate of drug-likeness (QED) is 0.611. The molecule has 0 aromatic carbocycles. The number of nitrogens with zero attached hydrogens (tertiary/aromatic N) is 1. The molecule has 1 N–H and O–H groups in total. The number of rotatable bonds is 1. The van der Waals surface area contributed by atoms with Gasteiger partial charge in [0.2, 0.25) is 0 Å². The summed E-state index contributed by atoms with van der Waals surface area (Å²) < 4.78 is 0. The summed E-state index contributed by atoms with van der Waals surface area (Å²) in [5, 5.41) is 3.44. The van der Waals surface area contributed by atoms with Gasteiger partial charge in [-0.15, -0.1) is 0 Å². The summed E-state index contributed by atoms with van der Waals surface area (Å²) in [7, 11) is 0. The Morgan fingerprint density at radius 2 is 2.18 bits per heavy atom. The van der Waals surface area contributed by atoms with Crippen molar-refractivity contribution in [3.8, 4) is 0 Å². The summed E-state index contributed by atoms with van der Waals surface area (Å²) in [4.78, 5) is 2.57. The molecule has 0 aliphatic carbocycles. The molecule has 1 aliphatic heterocycles. The van der Waals surface area contributed by atoms with Crippen molar-refractivity contribution in [1.29, 1.82) is 0 Å². The average molecular weight is 156 g/mol. The molecule has 11 heavy (non-hydrogen) atoms. The maximum atomic E-state index is 3.44. The van der Waals surface area contributed by atoms with Gasteiger partial charge >= 0.3 is 0 Å². The topological polar surface area (TPSA) is 15.3 Å². The van der Waals surface area contributed by atoms with E-state index in [0.29, 0.717) is 12.1 Å². The monoisotopic (exact) mass is 156 g/mol. The normalized spacial score (nSPS) is 28.9. The van der Waals surface area contributed by atoms with E-state index in [1.165, 1.54) is 19.5 Å². The SMILES string of the molecule is CC(C)N1CCCNCC1C. The van der Waals surface area contributed by atoms with Crippen LogP contribution in [0.4, 0.5) is 0 Å². The second-order valence-electron chi connectivity index (χ2n) is 3.74. The molecular formula is C9H20N2. The zero-order valence-electron chi connectivity index (χ0n) is 7.93. The van der Waals surface area contributed by atoms with Gasteiger partial charge in [0.25, 0.3) is 0 Å². The van der Waals surface area contributed by atoms with E-state index in [1.54, 1.807) is 0 Å². The predicted octanol–water partition coefficient (Wildman–Crippen LogP) is 1.08. The summed E-state index contributed by atoms with van der Waals surface area (Å²) in [6.07, 6.45) is 1.29. The van der Waals surface area contributed by atoms with Gasteiger partial charge < -0.3 is 5.32 Å². The van der Waals surface area contributed by atoms with Crippen LogP contribution in [0.5, 0.6) is 0 Å². The molecule has 0 aromatic heterocycles. The van der Waals surface area contributed by atoms with E-state index >= 15 is 0 Å². The fourth-order valence-electron chi connectivity index (χ4n) is 1.80. The van der Waals surface area contributed by atoms with E-state index in [4.69, 9.17) is 0 Å². The lowest BCUT2D eigenvalue weighted by molar-refractivity contribution is 0.176. The Hall–Kier alpha value is -0.0800. The second-order valence-corrected chi connectivity index (χ2v) is 3.74. The molecule has 66 valence electrons. The van der Waals surface area contributed by atoms with Gasteiger partial charge in [-0.2, -0.15) is 0 Å². The minimum Gasteiger partial charge on any atom is -0.315 e. The van der Waals surface area contributed by atoms with Gasteiger partial charge in [-0.1, -0.05) is 0 Å². The summed E-state index contributed by atoms with van der Waals surface area (Å²) >= 11 is 0. The molecule has 1 unspecified atom stereocenters. The summed E-state index contributed by atoms with van der Waals surface area (Å²) in [6.45, 7) is 10.5. The van der Waals surface area contributed by atoms with Crippen LogP contribution in [0.1, 0.15) is 27.2 Å². The van der Waals surface area contributed by atoms with E-state index < -0.39 is 0 Å². The number of hydrogen-bond acceptors (Lipinski definition) is 2. The second kappa shape index (κ2) is 4.07. The highest BCUT2D eigenvalue weighted by Gasteiger charge is 2.18. The third-order valence-corrected chi connectivity index (χ3v) is 2.44. The maximum Gasteiger partial charge on any atom is 0.0195 e. The van der Waals surface area contributed by atoms with Gasteiger partial charge in [0, 0.05) is 18.6 Å². The Morgan fingerprint density at radius 3 is 2.82 bits per heavy atom. The molecule has 2 heteroatoms. The van der Waals surface area contributed by atoms with E-state index in [-0.39, 0.29) is 0 Å². The van der Waals surface area contributed by atoms with Gasteiger partial charge in [0.05, 0.1) is 0 Å². The number of hydrogen-bond donors (Lipinski definition) is 1. The van der Waals surface area contributed by atoms with Crippen LogP contribution in [0.3, 0.4) is 0 Å². The molecule has 0 radical (unpaired) electrons. The average Bonchev–Trinajstić information content (AvgIpc) is 2.13. The van der Waals surface area contributed by atoms with Crippen molar-refractivity contribution in [2.45, 2.75) is 39.3 Å². The maximum absolute atomic E-state index is 3.44. The van der Waals surface area contributed by atoms with Crippen molar-refractivity contribution in [2.75, 3.05) is 19.6 Å². The molecule has 1 atom stereocenters. The Kier molecular flexibility index (Phi) is 3.34. The van der Waals surface area contributed by atoms with E-state index in [2.05, 4.69) is 31.0 Å². The molecule has 1 heterocycles. The van der Waals surface area contributed by atoms with Crippen molar-refractivity contribution in [1.82, 2.24) is 10.2 Å². The first-order valence-corrected chi connectivity index (χ1v) is 4.68. The van der Waals surface area contributed by atoms with Crippen molar-refractivity contribution in [3.05, 3.63) is 0 Å². The van der Waals surface area contributed by atoms with Gasteiger partial charge in [-0.05, 0) is 40.3 Å². The van der Waals surface area contributed by atoms with Gasteiger partial charge in [-0.3, -0.25) is 4.90 Å². The van der Waals surface area contributed by atoms with E-state index in [9.17, 15) is 0 Å². The standard InChI is InChI=1S/C9H20N2/c1-8(2)11-6-4-5-10-7-9(11)3/h8-10H,4-7H2,1-3H3. The van der Waals surface area contributed by atoms with Crippen LogP contribution >= 0.6 is 0 Å². The third kappa shape index (κ3) is 2.46. The third-order valence-electron chi connectivity index (χ3n) is 2.44. The Morgan fingerprint density at radius 1 is 1.45 bits per heavy atom. The smallest absolute Gasteiger partial charge is 0.0195 e. The van der Waals surface area contributed by atoms with Gasteiger partial charge in [0.1, 0.15) is 0 Å². The zero-order valence-corrected chi connectivity index (χ0v) is 7.93. The highest BCUT2D eigenvalue weighted by Crippen LogP contribution is 2.07. The van der Waals surface area contributed by atoms with Crippen molar-refractivity contribution < 1.29 is 0 Å². The largest absolute Gasteiger partial charge is 0.315 e. The fourth-order valence-corrected chi connectivity index (χ4v) is 1.80. The minimum absolute atomic E-state index is 0.699. The minimum atomic E-state index is 0.699. The Balaban J connectivity index is 2.45. The first-order chi connectivity index (χ1) is 5.22. The molecule has 0 spiro atoms. The van der Waals surface area contributed by atoms with Crippen LogP contribution in [0.15, 0.2) is 0 Å². The molecule has 0 saturated carbocycles. The molecule has 2 nitrogen and oxygen atoms in total. The fraction of sp³-hybridized carbons (Fsp3) is 1.00. The predicted molar refractivity (Wildman–Crippen MR) is 48.8 cm³/mol. The molecule has 1 fully saturated rings. The van der Waals surface area contributed by atoms with E-state index in [0.717, 1.165) is 6.54 Å². The van der Waals surface area contributed by atoms with Crippen molar-refractivity contribution in [3.63, 3.8) is 0 Å². The summed E-state index contributed by atoms with van der Waals surface area (Å²) in [5.41, 5.74) is 0. The van der Waals surface area contributed by atoms with Crippen LogP contribution in [-0.4, -0.2) is 36.6 Å². The first-order valence-electron chi connectivity index (χ1n) is 4.68. The lowest BCUT2D eigenvalue weighted by Gasteiger charge is -2.30. The van der Waals surface area contributed by atoms with Crippen molar-refractivity contribution in [2.24, 2.45) is 0 Å². The molecule has 1 rings (SSSR count). The molecule has 0 aromatic rings. The van der Waals surface area contributed by atoms with Gasteiger partial charge in [-0.25, -0.2) is 0 Å². The highest BCUT2D eigenvalue weighted by molar-refractivity contribution is 4.76.